The molecule has 0 saturated heterocycles. The van der Waals surface area contributed by atoms with Gasteiger partial charge in [0.25, 0.3) is 0 Å². The number of rotatable bonds is 5. The molecule has 14 rings (SSSR count). The highest BCUT2D eigenvalue weighted by Crippen LogP contribution is 2.40. The summed E-state index contributed by atoms with van der Waals surface area (Å²) in [7, 11) is 0. The summed E-state index contributed by atoms with van der Waals surface area (Å²) in [5.74, 6) is 1.75. The second kappa shape index (κ2) is 12.9. The first-order chi connectivity index (χ1) is 31.3. The van der Waals surface area contributed by atoms with E-state index in [1.54, 1.807) is 0 Å². The minimum Gasteiger partial charge on any atom is -0.309 e. The second-order valence-electron chi connectivity index (χ2n) is 16.3. The van der Waals surface area contributed by atoms with Crippen LogP contribution in [0.1, 0.15) is 0 Å². The zero-order chi connectivity index (χ0) is 41.2. The summed E-state index contributed by atoms with van der Waals surface area (Å²) in [4.78, 5) is 10.6. The van der Waals surface area contributed by atoms with Crippen molar-refractivity contribution < 1.29 is 0 Å². The highest BCUT2D eigenvalue weighted by atomic mass is 15.2. The van der Waals surface area contributed by atoms with Crippen molar-refractivity contribution in [2.45, 2.75) is 0 Å². The molecule has 0 radical (unpaired) electrons. The van der Waals surface area contributed by atoms with E-state index in [9.17, 15) is 0 Å². The first-order valence-corrected chi connectivity index (χ1v) is 21.3. The lowest BCUT2D eigenvalue weighted by Gasteiger charge is -2.14. The van der Waals surface area contributed by atoms with Gasteiger partial charge in [-0.1, -0.05) is 140 Å². The fraction of sp³-hybridized carbons (Fsp3) is 0. The zero-order valence-corrected chi connectivity index (χ0v) is 33.8. The molecule has 0 aliphatic rings. The molecule has 0 atom stereocenters. The van der Waals surface area contributed by atoms with Gasteiger partial charge in [-0.05, 0) is 83.9 Å². The van der Waals surface area contributed by atoms with Crippen LogP contribution in [0.5, 0.6) is 0 Å². The lowest BCUT2D eigenvalue weighted by atomic mass is 10.0. The second-order valence-corrected chi connectivity index (χ2v) is 16.3. The van der Waals surface area contributed by atoms with Crippen LogP contribution in [0.25, 0.3) is 117 Å². The molecule has 7 nitrogen and oxygen atoms in total. The van der Waals surface area contributed by atoms with Crippen molar-refractivity contribution >= 4 is 77.5 Å². The Morgan fingerprint density at radius 3 is 1.32 bits per heavy atom. The van der Waals surface area contributed by atoms with Gasteiger partial charge in [-0.15, -0.1) is 0 Å². The summed E-state index contributed by atoms with van der Waals surface area (Å²) in [6.07, 6.45) is 0. The molecule has 0 unspecified atom stereocenters. The van der Waals surface area contributed by atoms with Crippen LogP contribution >= 0.6 is 0 Å². The highest BCUT2D eigenvalue weighted by Gasteiger charge is 2.24. The predicted octanol–water partition coefficient (Wildman–Crippen LogP) is 13.6. The summed E-state index contributed by atoms with van der Waals surface area (Å²) in [6.45, 7) is 0. The Kier molecular flexibility index (Phi) is 6.98. The van der Waals surface area contributed by atoms with E-state index in [-0.39, 0.29) is 0 Å². The monoisotopic (exact) mass is 805 g/mol. The normalized spacial score (nSPS) is 12.1. The Morgan fingerprint density at radius 2 is 0.730 bits per heavy atom. The molecule has 7 heteroatoms. The molecular weight excluding hydrogens is 771 g/mol. The van der Waals surface area contributed by atoms with Gasteiger partial charge in [0.1, 0.15) is 0 Å². The standard InChI is InChI=1S/C56H35N7/c1-3-16-36(17-4-1)41-23-14-30-50-53(41)60(55-57-45-25-8-11-28-48(45)62(50)55)39-21-13-20-38(34-39)59-47-27-10-7-22-43(47)44-33-32-40(35-52(44)59)61-54-42(37-18-5-2-6-19-37)24-15-31-51(54)63-49-29-12-9-26-46(49)58-56(61)63/h1-35H. The Labute approximate surface area is 360 Å². The molecule has 14 aromatic rings. The van der Waals surface area contributed by atoms with Gasteiger partial charge < -0.3 is 4.57 Å². The largest absolute Gasteiger partial charge is 0.309 e. The molecule has 0 N–H and O–H groups in total. The van der Waals surface area contributed by atoms with Crippen molar-refractivity contribution in [1.29, 1.82) is 0 Å². The number of benzene rings is 9. The van der Waals surface area contributed by atoms with E-state index in [2.05, 4.69) is 235 Å². The molecule has 5 aromatic heterocycles. The summed E-state index contributed by atoms with van der Waals surface area (Å²) in [5.41, 5.74) is 18.6. The van der Waals surface area contributed by atoms with E-state index in [0.29, 0.717) is 0 Å². The first-order valence-electron chi connectivity index (χ1n) is 21.3. The van der Waals surface area contributed by atoms with E-state index in [1.165, 1.54) is 10.8 Å². The Balaban J connectivity index is 1.05. The topological polar surface area (TPSA) is 49.4 Å². The fourth-order valence-corrected chi connectivity index (χ4v) is 10.2. The average molecular weight is 806 g/mol. The molecule has 0 fully saturated rings. The van der Waals surface area contributed by atoms with Crippen molar-refractivity contribution in [3.63, 3.8) is 0 Å². The highest BCUT2D eigenvalue weighted by molar-refractivity contribution is 6.10. The summed E-state index contributed by atoms with van der Waals surface area (Å²) >= 11 is 0. The molecule has 294 valence electrons. The van der Waals surface area contributed by atoms with E-state index in [0.717, 1.165) is 106 Å². The molecular formula is C56H35N7. The number of hydrogen-bond acceptors (Lipinski definition) is 2. The minimum absolute atomic E-state index is 0.876. The van der Waals surface area contributed by atoms with Crippen LogP contribution in [0.15, 0.2) is 212 Å². The number of fused-ring (bicyclic) bond motifs is 13. The average Bonchev–Trinajstić information content (AvgIpc) is 4.14. The summed E-state index contributed by atoms with van der Waals surface area (Å²) in [6, 6.07) is 76.0. The Morgan fingerprint density at radius 1 is 0.286 bits per heavy atom. The van der Waals surface area contributed by atoms with Crippen molar-refractivity contribution in [3.8, 4) is 39.3 Å². The number of aromatic nitrogens is 7. The van der Waals surface area contributed by atoms with Crippen LogP contribution in [0.2, 0.25) is 0 Å². The predicted molar refractivity (Wildman–Crippen MR) is 258 cm³/mol. The molecule has 9 aromatic carbocycles. The van der Waals surface area contributed by atoms with Crippen molar-refractivity contribution in [2.75, 3.05) is 0 Å². The number of para-hydroxylation sites is 7. The van der Waals surface area contributed by atoms with E-state index >= 15 is 0 Å². The van der Waals surface area contributed by atoms with Gasteiger partial charge in [0.2, 0.25) is 11.6 Å². The Bertz CT molecular complexity index is 4140. The number of imidazole rings is 4. The third-order valence-electron chi connectivity index (χ3n) is 12.9. The molecule has 5 heterocycles. The van der Waals surface area contributed by atoms with Gasteiger partial charge in [-0.2, -0.15) is 0 Å². The van der Waals surface area contributed by atoms with Crippen molar-refractivity contribution in [1.82, 2.24) is 32.5 Å². The minimum atomic E-state index is 0.876. The molecule has 0 bridgehead atoms. The van der Waals surface area contributed by atoms with Crippen LogP contribution in [0.3, 0.4) is 0 Å². The summed E-state index contributed by atoms with van der Waals surface area (Å²) in [5, 5.41) is 2.38. The van der Waals surface area contributed by atoms with Gasteiger partial charge in [-0.25, -0.2) is 9.97 Å². The lowest BCUT2D eigenvalue weighted by Crippen LogP contribution is -2.01. The van der Waals surface area contributed by atoms with Crippen LogP contribution in [0, 0.1) is 0 Å². The molecule has 0 amide bonds. The van der Waals surface area contributed by atoms with Crippen LogP contribution < -0.4 is 0 Å². The first kappa shape index (κ1) is 34.1. The zero-order valence-electron chi connectivity index (χ0n) is 33.8. The number of nitrogens with zero attached hydrogens (tertiary/aromatic N) is 7. The van der Waals surface area contributed by atoms with Crippen molar-refractivity contribution in [2.24, 2.45) is 0 Å². The van der Waals surface area contributed by atoms with Gasteiger partial charge in [0, 0.05) is 27.6 Å². The van der Waals surface area contributed by atoms with Gasteiger partial charge in [0.05, 0.1) is 66.5 Å². The van der Waals surface area contributed by atoms with Gasteiger partial charge in [-0.3, -0.25) is 17.9 Å². The van der Waals surface area contributed by atoms with Crippen molar-refractivity contribution in [3.05, 3.63) is 212 Å². The van der Waals surface area contributed by atoms with Crippen LogP contribution in [-0.4, -0.2) is 32.5 Å². The smallest absolute Gasteiger partial charge is 0.220 e. The maximum atomic E-state index is 5.31. The molecule has 63 heavy (non-hydrogen) atoms. The van der Waals surface area contributed by atoms with Crippen LogP contribution in [-0.2, 0) is 0 Å². The molecule has 0 aliphatic carbocycles. The van der Waals surface area contributed by atoms with E-state index < -0.39 is 0 Å². The van der Waals surface area contributed by atoms with Gasteiger partial charge >= 0.3 is 0 Å². The molecule has 0 aliphatic heterocycles. The maximum absolute atomic E-state index is 5.31. The third kappa shape index (κ3) is 4.78. The Hall–Kier alpha value is -8.68. The van der Waals surface area contributed by atoms with Gasteiger partial charge in [0.15, 0.2) is 0 Å². The quantitative estimate of drug-likeness (QED) is 0.174. The SMILES string of the molecule is c1ccc(-c2cccc3c2n(-c2cccc(-n4c5ccccc5c5ccc(-n6c7c(-c8ccccc8)cccc7n7c8ccccc8nc67)cc54)c2)c2nc4ccccc4n32)cc1. The molecule has 0 saturated carbocycles. The lowest BCUT2D eigenvalue weighted by molar-refractivity contribution is 1.09. The summed E-state index contributed by atoms with van der Waals surface area (Å²) < 4.78 is 11.7. The van der Waals surface area contributed by atoms with E-state index in [1.807, 2.05) is 0 Å². The maximum Gasteiger partial charge on any atom is 0.220 e. The number of hydrogen-bond donors (Lipinski definition) is 0. The van der Waals surface area contributed by atoms with Crippen LogP contribution in [0.4, 0.5) is 0 Å². The van der Waals surface area contributed by atoms with E-state index in [4.69, 9.17) is 9.97 Å². The third-order valence-corrected chi connectivity index (χ3v) is 12.9. The molecule has 0 spiro atoms. The fourth-order valence-electron chi connectivity index (χ4n) is 10.2.